The fourth-order valence-electron chi connectivity index (χ4n) is 2.85. The molecule has 0 aliphatic heterocycles. The maximum absolute atomic E-state index is 12.4. The third-order valence-electron chi connectivity index (χ3n) is 4.69. The average Bonchev–Trinajstić information content (AvgIpc) is 3.09. The summed E-state index contributed by atoms with van der Waals surface area (Å²) in [6.45, 7) is 2.21. The number of benzene rings is 2. The molecule has 1 heterocycles. The van der Waals surface area contributed by atoms with Crippen LogP contribution in [-0.2, 0) is 13.7 Å². The molecule has 0 N–H and O–H groups in total. The van der Waals surface area contributed by atoms with Gasteiger partial charge in [0.1, 0.15) is 23.9 Å². The Bertz CT molecular complexity index is 1020. The quantitative estimate of drug-likeness (QED) is 0.424. The number of aromatic nitrogens is 2. The summed E-state index contributed by atoms with van der Waals surface area (Å²) in [6, 6.07) is 13.1. The molecular formula is C23H24N2O4. The van der Waals surface area contributed by atoms with Gasteiger partial charge in [0.25, 0.3) is 0 Å². The number of allylic oxidation sites excluding steroid dienone is 1. The molecule has 1 aromatic heterocycles. The Kier molecular flexibility index (Phi) is 6.34. The number of nitrogens with zero attached hydrogens (tertiary/aromatic N) is 2. The number of carbonyl (C=O) groups excluding carboxylic acids is 1. The molecule has 6 heteroatoms. The van der Waals surface area contributed by atoms with Gasteiger partial charge < -0.3 is 14.2 Å². The predicted octanol–water partition coefficient (Wildman–Crippen LogP) is 4.22. The fraction of sp³-hybridized carbons (Fsp3) is 0.217. The number of hydrogen-bond donors (Lipinski definition) is 0. The van der Waals surface area contributed by atoms with Crippen LogP contribution in [-0.4, -0.2) is 29.8 Å². The van der Waals surface area contributed by atoms with Gasteiger partial charge in [-0.1, -0.05) is 12.1 Å². The Labute approximate surface area is 170 Å². The monoisotopic (exact) mass is 392 g/mol. The first kappa shape index (κ1) is 20.2. The van der Waals surface area contributed by atoms with Crippen LogP contribution in [0.5, 0.6) is 17.2 Å². The second-order valence-electron chi connectivity index (χ2n) is 6.50. The van der Waals surface area contributed by atoms with Crippen LogP contribution >= 0.6 is 0 Å². The van der Waals surface area contributed by atoms with Crippen LogP contribution < -0.4 is 14.2 Å². The van der Waals surface area contributed by atoms with Gasteiger partial charge in [-0.05, 0) is 55.0 Å². The molecule has 6 nitrogen and oxygen atoms in total. The minimum absolute atomic E-state index is 0.0811. The molecule has 0 atom stereocenters. The summed E-state index contributed by atoms with van der Waals surface area (Å²) in [6.07, 6.45) is 4.93. The van der Waals surface area contributed by atoms with E-state index in [4.69, 9.17) is 14.2 Å². The summed E-state index contributed by atoms with van der Waals surface area (Å²) in [5.41, 5.74) is 3.20. The van der Waals surface area contributed by atoms with Gasteiger partial charge in [0.15, 0.2) is 5.78 Å². The molecule has 3 rings (SSSR count). The minimum atomic E-state index is -0.0811. The van der Waals surface area contributed by atoms with Crippen molar-refractivity contribution in [2.24, 2.45) is 7.05 Å². The second kappa shape index (κ2) is 9.10. The molecule has 0 aliphatic carbocycles. The number of ether oxygens (including phenoxy) is 3. The first-order valence-electron chi connectivity index (χ1n) is 9.16. The zero-order chi connectivity index (χ0) is 20.8. The molecule has 0 aliphatic rings. The maximum atomic E-state index is 12.4. The summed E-state index contributed by atoms with van der Waals surface area (Å²) in [4.78, 5) is 12.4. The van der Waals surface area contributed by atoms with Crippen molar-refractivity contribution in [3.63, 3.8) is 0 Å². The SMILES string of the molecule is COc1ccc(OCc2cc(/C=C/C(=O)c3cnn(C)c3C)ccc2OC)cc1. The van der Waals surface area contributed by atoms with E-state index in [9.17, 15) is 4.79 Å². The van der Waals surface area contributed by atoms with Crippen LogP contribution in [0.2, 0.25) is 0 Å². The summed E-state index contributed by atoms with van der Waals surface area (Å²) in [5.74, 6) is 2.15. The highest BCUT2D eigenvalue weighted by atomic mass is 16.5. The van der Waals surface area contributed by atoms with Crippen molar-refractivity contribution >= 4 is 11.9 Å². The number of hydrogen-bond acceptors (Lipinski definition) is 5. The van der Waals surface area contributed by atoms with E-state index in [1.54, 1.807) is 37.3 Å². The molecule has 150 valence electrons. The van der Waals surface area contributed by atoms with Gasteiger partial charge >= 0.3 is 0 Å². The van der Waals surface area contributed by atoms with Crippen molar-refractivity contribution in [3.8, 4) is 17.2 Å². The standard InChI is InChI=1S/C23H24N2O4/c1-16-21(14-24-25(16)2)22(26)11-5-17-6-12-23(28-4)18(13-17)15-29-20-9-7-19(27-3)8-10-20/h5-14H,15H2,1-4H3/b11-5+. The number of ketones is 1. The van der Waals surface area contributed by atoms with E-state index >= 15 is 0 Å². The average molecular weight is 392 g/mol. The Morgan fingerprint density at radius 2 is 1.79 bits per heavy atom. The van der Waals surface area contributed by atoms with E-state index in [1.807, 2.05) is 56.4 Å². The molecule has 0 amide bonds. The molecule has 29 heavy (non-hydrogen) atoms. The van der Waals surface area contributed by atoms with Crippen LogP contribution in [0.15, 0.2) is 54.7 Å². The molecule has 0 radical (unpaired) electrons. The van der Waals surface area contributed by atoms with Crippen LogP contribution in [0.4, 0.5) is 0 Å². The fourth-order valence-corrected chi connectivity index (χ4v) is 2.85. The first-order chi connectivity index (χ1) is 14.0. The van der Waals surface area contributed by atoms with Crippen molar-refractivity contribution in [2.75, 3.05) is 14.2 Å². The molecule has 3 aromatic rings. The number of carbonyl (C=O) groups is 1. The van der Waals surface area contributed by atoms with E-state index in [2.05, 4.69) is 5.10 Å². The number of rotatable bonds is 8. The van der Waals surface area contributed by atoms with Crippen molar-refractivity contribution < 1.29 is 19.0 Å². The summed E-state index contributed by atoms with van der Waals surface area (Å²) in [7, 11) is 5.06. The summed E-state index contributed by atoms with van der Waals surface area (Å²) < 4.78 is 18.1. The Morgan fingerprint density at radius 3 is 2.41 bits per heavy atom. The molecular weight excluding hydrogens is 368 g/mol. The Morgan fingerprint density at radius 1 is 1.07 bits per heavy atom. The topological polar surface area (TPSA) is 62.6 Å². The Hall–Kier alpha value is -3.54. The van der Waals surface area contributed by atoms with Crippen LogP contribution in [0.25, 0.3) is 6.08 Å². The van der Waals surface area contributed by atoms with Crippen LogP contribution in [0.3, 0.4) is 0 Å². The lowest BCUT2D eigenvalue weighted by Crippen LogP contribution is -2.00. The van der Waals surface area contributed by atoms with E-state index in [0.29, 0.717) is 12.2 Å². The van der Waals surface area contributed by atoms with Crippen molar-refractivity contribution in [1.29, 1.82) is 0 Å². The zero-order valence-electron chi connectivity index (χ0n) is 17.0. The third-order valence-corrected chi connectivity index (χ3v) is 4.69. The van der Waals surface area contributed by atoms with Gasteiger partial charge in [-0.25, -0.2) is 0 Å². The highest BCUT2D eigenvalue weighted by Gasteiger charge is 2.10. The Balaban J connectivity index is 1.73. The van der Waals surface area contributed by atoms with Crippen molar-refractivity contribution in [1.82, 2.24) is 9.78 Å². The lowest BCUT2D eigenvalue weighted by atomic mass is 10.1. The van der Waals surface area contributed by atoms with Crippen LogP contribution in [0.1, 0.15) is 27.2 Å². The normalized spacial score (nSPS) is 10.9. The molecule has 0 spiro atoms. The second-order valence-corrected chi connectivity index (χ2v) is 6.50. The molecule has 0 saturated carbocycles. The number of methoxy groups -OCH3 is 2. The van der Waals surface area contributed by atoms with Crippen molar-refractivity contribution in [3.05, 3.63) is 77.1 Å². The first-order valence-corrected chi connectivity index (χ1v) is 9.16. The summed E-state index contributed by atoms with van der Waals surface area (Å²) in [5, 5.41) is 4.11. The number of aryl methyl sites for hydroxylation is 1. The molecule has 2 aromatic carbocycles. The largest absolute Gasteiger partial charge is 0.497 e. The lowest BCUT2D eigenvalue weighted by molar-refractivity contribution is 0.104. The molecule has 0 bridgehead atoms. The van der Waals surface area contributed by atoms with Gasteiger partial charge in [-0.2, -0.15) is 5.10 Å². The molecule has 0 saturated heterocycles. The zero-order valence-corrected chi connectivity index (χ0v) is 17.0. The highest BCUT2D eigenvalue weighted by Crippen LogP contribution is 2.24. The van der Waals surface area contributed by atoms with Gasteiger partial charge in [-0.3, -0.25) is 9.48 Å². The van der Waals surface area contributed by atoms with E-state index in [1.165, 1.54) is 0 Å². The van der Waals surface area contributed by atoms with Gasteiger partial charge in [-0.15, -0.1) is 0 Å². The highest BCUT2D eigenvalue weighted by molar-refractivity contribution is 6.07. The van der Waals surface area contributed by atoms with E-state index < -0.39 is 0 Å². The maximum Gasteiger partial charge on any atom is 0.189 e. The van der Waals surface area contributed by atoms with E-state index in [-0.39, 0.29) is 5.78 Å². The smallest absolute Gasteiger partial charge is 0.189 e. The third kappa shape index (κ3) is 4.85. The van der Waals surface area contributed by atoms with Gasteiger partial charge in [0.05, 0.1) is 26.0 Å². The van der Waals surface area contributed by atoms with Gasteiger partial charge in [0.2, 0.25) is 0 Å². The van der Waals surface area contributed by atoms with E-state index in [0.717, 1.165) is 34.1 Å². The minimum Gasteiger partial charge on any atom is -0.497 e. The van der Waals surface area contributed by atoms with Crippen molar-refractivity contribution in [2.45, 2.75) is 13.5 Å². The van der Waals surface area contributed by atoms with Crippen LogP contribution in [0, 0.1) is 6.92 Å². The lowest BCUT2D eigenvalue weighted by Gasteiger charge is -2.11. The predicted molar refractivity (Wildman–Crippen MR) is 112 cm³/mol. The molecule has 0 fully saturated rings. The molecule has 0 unspecified atom stereocenters. The summed E-state index contributed by atoms with van der Waals surface area (Å²) >= 11 is 0. The van der Waals surface area contributed by atoms with Gasteiger partial charge in [0, 0.05) is 18.3 Å².